The van der Waals surface area contributed by atoms with E-state index in [2.05, 4.69) is 45.1 Å². The van der Waals surface area contributed by atoms with Crippen molar-refractivity contribution < 1.29 is 28.6 Å². The van der Waals surface area contributed by atoms with E-state index in [1.807, 2.05) is 0 Å². The summed E-state index contributed by atoms with van der Waals surface area (Å²) in [5, 5.41) is 0. The van der Waals surface area contributed by atoms with Crippen molar-refractivity contribution in [3.8, 4) is 0 Å². The van der Waals surface area contributed by atoms with Crippen LogP contribution in [0.4, 0.5) is 0 Å². The summed E-state index contributed by atoms with van der Waals surface area (Å²) in [4.78, 5) is 37.7. The SMILES string of the molecule is CCCCCCCC/C=C\CCCCCCCCCCCC(=O)OCC(COC(=O)CCCCCCCC)OC(=O)CCCCCCC/C=C\CCCCCCCCC. The Labute approximate surface area is 366 Å². The van der Waals surface area contributed by atoms with Gasteiger partial charge in [-0.2, -0.15) is 0 Å². The molecule has 0 heterocycles. The minimum absolute atomic E-state index is 0.0732. The fourth-order valence-corrected chi connectivity index (χ4v) is 7.49. The number of ether oxygens (including phenoxy) is 3. The molecule has 0 rings (SSSR count). The van der Waals surface area contributed by atoms with Crippen molar-refractivity contribution in [2.45, 2.75) is 284 Å². The van der Waals surface area contributed by atoms with Gasteiger partial charge in [0, 0.05) is 19.3 Å². The maximum Gasteiger partial charge on any atom is 0.306 e. The first-order valence-corrected chi connectivity index (χ1v) is 25.8. The van der Waals surface area contributed by atoms with Crippen LogP contribution < -0.4 is 0 Å². The van der Waals surface area contributed by atoms with Crippen LogP contribution in [0.15, 0.2) is 24.3 Å². The van der Waals surface area contributed by atoms with Gasteiger partial charge in [0.15, 0.2) is 6.10 Å². The molecule has 0 N–H and O–H groups in total. The van der Waals surface area contributed by atoms with Crippen LogP contribution in [-0.2, 0) is 28.6 Å². The van der Waals surface area contributed by atoms with Crippen molar-refractivity contribution >= 4 is 17.9 Å². The van der Waals surface area contributed by atoms with E-state index < -0.39 is 6.10 Å². The second-order valence-electron chi connectivity index (χ2n) is 17.4. The molecule has 0 amide bonds. The van der Waals surface area contributed by atoms with E-state index in [0.717, 1.165) is 64.2 Å². The minimum atomic E-state index is -0.770. The van der Waals surface area contributed by atoms with Gasteiger partial charge < -0.3 is 14.2 Å². The van der Waals surface area contributed by atoms with E-state index >= 15 is 0 Å². The standard InChI is InChI=1S/C53H98O6/c1-4-7-10-13-16-18-20-22-24-26-27-28-30-31-33-35-37-40-43-46-52(55)58-49-50(48-57-51(54)45-42-39-15-12-9-6-3)59-53(56)47-44-41-38-36-34-32-29-25-23-21-19-17-14-11-8-5-2/h22,24-25,29,50H,4-21,23,26-28,30-49H2,1-3H3/b24-22-,29-25-. The summed E-state index contributed by atoms with van der Waals surface area (Å²) >= 11 is 0. The Morgan fingerprint density at radius 2 is 0.559 bits per heavy atom. The Morgan fingerprint density at radius 1 is 0.322 bits per heavy atom. The smallest absolute Gasteiger partial charge is 0.306 e. The number of allylic oxidation sites excluding steroid dienone is 4. The Bertz CT molecular complexity index is 958. The second-order valence-corrected chi connectivity index (χ2v) is 17.4. The van der Waals surface area contributed by atoms with Crippen molar-refractivity contribution in [2.75, 3.05) is 13.2 Å². The van der Waals surface area contributed by atoms with Gasteiger partial charge in [-0.3, -0.25) is 14.4 Å². The molecule has 1 unspecified atom stereocenters. The maximum atomic E-state index is 12.7. The van der Waals surface area contributed by atoms with Crippen molar-refractivity contribution in [1.29, 1.82) is 0 Å². The second kappa shape index (κ2) is 48.6. The Hall–Kier alpha value is -2.11. The Kier molecular flexibility index (Phi) is 46.8. The third-order valence-corrected chi connectivity index (χ3v) is 11.4. The predicted octanol–water partition coefficient (Wildman–Crippen LogP) is 16.8. The zero-order valence-corrected chi connectivity index (χ0v) is 39.5. The first kappa shape index (κ1) is 56.9. The molecule has 0 aromatic rings. The lowest BCUT2D eigenvalue weighted by molar-refractivity contribution is -0.167. The van der Waals surface area contributed by atoms with E-state index in [0.29, 0.717) is 19.3 Å². The van der Waals surface area contributed by atoms with E-state index in [4.69, 9.17) is 14.2 Å². The minimum Gasteiger partial charge on any atom is -0.462 e. The number of carbonyl (C=O) groups excluding carboxylic acids is 3. The molecule has 1 atom stereocenters. The van der Waals surface area contributed by atoms with E-state index in [9.17, 15) is 14.4 Å². The van der Waals surface area contributed by atoms with E-state index in [1.165, 1.54) is 173 Å². The first-order valence-electron chi connectivity index (χ1n) is 25.8. The van der Waals surface area contributed by atoms with Gasteiger partial charge in [-0.25, -0.2) is 0 Å². The van der Waals surface area contributed by atoms with Gasteiger partial charge >= 0.3 is 17.9 Å². The molecule has 0 saturated heterocycles. The van der Waals surface area contributed by atoms with Crippen molar-refractivity contribution in [1.82, 2.24) is 0 Å². The number of rotatable bonds is 47. The molecular formula is C53H98O6. The summed E-state index contributed by atoms with van der Waals surface area (Å²) in [6.45, 7) is 6.59. The summed E-state index contributed by atoms with van der Waals surface area (Å²) in [5.74, 6) is -0.883. The maximum absolute atomic E-state index is 12.7. The molecule has 0 saturated carbocycles. The Morgan fingerprint density at radius 3 is 0.847 bits per heavy atom. The monoisotopic (exact) mass is 831 g/mol. The summed E-state index contributed by atoms with van der Waals surface area (Å²) in [7, 11) is 0. The van der Waals surface area contributed by atoms with Crippen LogP contribution in [0.5, 0.6) is 0 Å². The lowest BCUT2D eigenvalue weighted by Crippen LogP contribution is -2.30. The van der Waals surface area contributed by atoms with Gasteiger partial charge in [-0.05, 0) is 70.6 Å². The predicted molar refractivity (Wildman–Crippen MR) is 252 cm³/mol. The van der Waals surface area contributed by atoms with Crippen LogP contribution in [-0.4, -0.2) is 37.2 Å². The fourth-order valence-electron chi connectivity index (χ4n) is 7.49. The molecule has 0 aliphatic heterocycles. The molecule has 346 valence electrons. The summed E-state index contributed by atoms with van der Waals surface area (Å²) in [6.07, 6.45) is 54.7. The molecular weight excluding hydrogens is 733 g/mol. The molecule has 0 aliphatic rings. The lowest BCUT2D eigenvalue weighted by atomic mass is 10.1. The molecule has 6 heteroatoms. The van der Waals surface area contributed by atoms with Crippen molar-refractivity contribution in [3.05, 3.63) is 24.3 Å². The van der Waals surface area contributed by atoms with Crippen LogP contribution >= 0.6 is 0 Å². The number of carbonyl (C=O) groups is 3. The van der Waals surface area contributed by atoms with E-state index in [1.54, 1.807) is 0 Å². The number of hydrogen-bond donors (Lipinski definition) is 0. The highest BCUT2D eigenvalue weighted by atomic mass is 16.6. The molecule has 0 fully saturated rings. The molecule has 0 aromatic heterocycles. The topological polar surface area (TPSA) is 78.9 Å². The van der Waals surface area contributed by atoms with Crippen LogP contribution in [0.1, 0.15) is 278 Å². The molecule has 0 aromatic carbocycles. The fraction of sp³-hybridized carbons (Fsp3) is 0.868. The van der Waals surface area contributed by atoms with Gasteiger partial charge in [0.1, 0.15) is 13.2 Å². The normalized spacial score (nSPS) is 12.1. The highest BCUT2D eigenvalue weighted by Crippen LogP contribution is 2.15. The van der Waals surface area contributed by atoms with Crippen LogP contribution in [0.25, 0.3) is 0 Å². The largest absolute Gasteiger partial charge is 0.462 e. The average Bonchev–Trinajstić information content (AvgIpc) is 3.23. The third kappa shape index (κ3) is 46.8. The number of unbranched alkanes of at least 4 members (excludes halogenated alkanes) is 32. The van der Waals surface area contributed by atoms with Crippen LogP contribution in [0, 0.1) is 0 Å². The third-order valence-electron chi connectivity index (χ3n) is 11.4. The average molecular weight is 831 g/mol. The number of hydrogen-bond acceptors (Lipinski definition) is 6. The van der Waals surface area contributed by atoms with Gasteiger partial charge in [0.05, 0.1) is 0 Å². The van der Waals surface area contributed by atoms with E-state index in [-0.39, 0.29) is 31.1 Å². The molecule has 0 radical (unpaired) electrons. The molecule has 0 bridgehead atoms. The summed E-state index contributed by atoms with van der Waals surface area (Å²) < 4.78 is 16.7. The van der Waals surface area contributed by atoms with Crippen LogP contribution in [0.2, 0.25) is 0 Å². The zero-order valence-electron chi connectivity index (χ0n) is 39.5. The summed E-state index contributed by atoms with van der Waals surface area (Å²) in [5.41, 5.74) is 0. The molecule has 0 aliphatic carbocycles. The molecule has 59 heavy (non-hydrogen) atoms. The molecule has 6 nitrogen and oxygen atoms in total. The van der Waals surface area contributed by atoms with Crippen molar-refractivity contribution in [3.63, 3.8) is 0 Å². The zero-order chi connectivity index (χ0) is 43.0. The first-order chi connectivity index (χ1) is 29.0. The number of esters is 3. The van der Waals surface area contributed by atoms with Gasteiger partial charge in [0.25, 0.3) is 0 Å². The highest BCUT2D eigenvalue weighted by Gasteiger charge is 2.19. The quantitative estimate of drug-likeness (QED) is 0.0263. The highest BCUT2D eigenvalue weighted by molar-refractivity contribution is 5.71. The van der Waals surface area contributed by atoms with Crippen molar-refractivity contribution in [2.24, 2.45) is 0 Å². The van der Waals surface area contributed by atoms with Gasteiger partial charge in [0.2, 0.25) is 0 Å². The van der Waals surface area contributed by atoms with Gasteiger partial charge in [-0.1, -0.05) is 212 Å². The summed E-state index contributed by atoms with van der Waals surface area (Å²) in [6, 6.07) is 0. The Balaban J connectivity index is 4.19. The molecule has 0 spiro atoms. The lowest BCUT2D eigenvalue weighted by Gasteiger charge is -2.18. The van der Waals surface area contributed by atoms with Gasteiger partial charge in [-0.15, -0.1) is 0 Å². The van der Waals surface area contributed by atoms with Crippen LogP contribution in [0.3, 0.4) is 0 Å².